The lowest BCUT2D eigenvalue weighted by molar-refractivity contribution is -0.147. The summed E-state index contributed by atoms with van der Waals surface area (Å²) in [5.41, 5.74) is 1.62. The van der Waals surface area contributed by atoms with Gasteiger partial charge < -0.3 is 14.5 Å². The molecule has 0 spiro atoms. The number of esters is 1. The molecule has 0 fully saturated rings. The molecule has 2 heterocycles. The molecule has 0 radical (unpaired) electrons. The number of halogens is 1. The molecule has 0 unspecified atom stereocenters. The van der Waals surface area contributed by atoms with Gasteiger partial charge in [0.1, 0.15) is 17.5 Å². The molecule has 0 amide bonds. The maximum atomic E-state index is 12.6. The van der Waals surface area contributed by atoms with Gasteiger partial charge in [-0.25, -0.2) is 0 Å². The van der Waals surface area contributed by atoms with Crippen LogP contribution in [-0.2, 0) is 14.3 Å². The van der Waals surface area contributed by atoms with Crippen molar-refractivity contribution in [3.63, 3.8) is 0 Å². The minimum atomic E-state index is -0.682. The smallest absolute Gasteiger partial charge is 0.306 e. The van der Waals surface area contributed by atoms with E-state index in [4.69, 9.17) is 16.3 Å². The van der Waals surface area contributed by atoms with Crippen LogP contribution >= 0.6 is 22.9 Å². The first kappa shape index (κ1) is 21.6. The number of nitriles is 1. The van der Waals surface area contributed by atoms with E-state index >= 15 is 0 Å². The van der Waals surface area contributed by atoms with Crippen LogP contribution in [0.15, 0.2) is 47.8 Å². The van der Waals surface area contributed by atoms with Crippen molar-refractivity contribution in [3.8, 4) is 6.07 Å². The quantitative estimate of drug-likeness (QED) is 0.278. The van der Waals surface area contributed by atoms with Crippen LogP contribution in [-0.4, -0.2) is 38.2 Å². The van der Waals surface area contributed by atoms with E-state index in [1.165, 1.54) is 0 Å². The largest absolute Gasteiger partial charge is 0.457 e. The Morgan fingerprint density at radius 3 is 2.23 bits per heavy atom. The highest BCUT2D eigenvalue weighted by Crippen LogP contribution is 2.40. The predicted octanol–water partition coefficient (Wildman–Crippen LogP) is 3.80. The molecule has 1 aromatic heterocycles. The van der Waals surface area contributed by atoms with Gasteiger partial charge in [0.2, 0.25) is 5.78 Å². The third-order valence-corrected chi connectivity index (χ3v) is 5.89. The van der Waals surface area contributed by atoms with E-state index < -0.39 is 18.4 Å². The Morgan fingerprint density at radius 2 is 1.70 bits per heavy atom. The van der Waals surface area contributed by atoms with Crippen molar-refractivity contribution < 1.29 is 19.1 Å². The molecular weight excluding hydrogens is 426 g/mol. The molecule has 2 aromatic rings. The molecule has 1 aromatic carbocycles. The lowest BCUT2D eigenvalue weighted by atomic mass is 10.1. The molecule has 1 aliphatic heterocycles. The Morgan fingerprint density at radius 1 is 1.07 bits per heavy atom. The number of nitrogens with zero attached hydrogens (tertiary/aromatic N) is 3. The van der Waals surface area contributed by atoms with Gasteiger partial charge in [0.05, 0.1) is 27.0 Å². The van der Waals surface area contributed by atoms with Crippen molar-refractivity contribution in [2.24, 2.45) is 0 Å². The first-order chi connectivity index (χ1) is 14.3. The molecule has 30 heavy (non-hydrogen) atoms. The summed E-state index contributed by atoms with van der Waals surface area (Å²) in [5, 5.41) is 9.56. The zero-order valence-electron chi connectivity index (χ0n) is 16.3. The maximum Gasteiger partial charge on any atom is 0.306 e. The lowest BCUT2D eigenvalue weighted by Gasteiger charge is -2.19. The average Bonchev–Trinajstić information content (AvgIpc) is 3.28. The molecule has 3 rings (SSSR count). The van der Waals surface area contributed by atoms with Gasteiger partial charge in [0, 0.05) is 20.5 Å². The van der Waals surface area contributed by atoms with Gasteiger partial charge in [-0.05, 0) is 24.3 Å². The normalized spacial score (nSPS) is 12.4. The Balaban J connectivity index is 1.61. The summed E-state index contributed by atoms with van der Waals surface area (Å²) < 4.78 is 5.49. The number of Topliss-reactive ketones (excluding diaryl/α,β-unsaturated/α-hetero) is 2. The minimum absolute atomic E-state index is 0.0448. The number of hydrogen-bond acceptors (Lipinski definition) is 8. The first-order valence-electron chi connectivity index (χ1n) is 9.01. The first-order valence-corrected chi connectivity index (χ1v) is 10.2. The zero-order chi connectivity index (χ0) is 21.8. The van der Waals surface area contributed by atoms with E-state index in [0.29, 0.717) is 15.0 Å². The summed E-state index contributed by atoms with van der Waals surface area (Å²) in [6.45, 7) is -0.567. The Hall–Kier alpha value is -3.15. The number of anilines is 2. The van der Waals surface area contributed by atoms with Crippen LogP contribution in [0.2, 0.25) is 4.34 Å². The van der Waals surface area contributed by atoms with Crippen molar-refractivity contribution in [2.45, 2.75) is 12.8 Å². The second-order valence-corrected chi connectivity index (χ2v) is 8.24. The number of para-hydroxylation sites is 2. The van der Waals surface area contributed by atoms with Gasteiger partial charge in [0.15, 0.2) is 12.4 Å². The molecule has 0 aliphatic carbocycles. The maximum absolute atomic E-state index is 12.6. The third-order valence-electron chi connectivity index (χ3n) is 4.62. The molecule has 0 bridgehead atoms. The number of thiophene rings is 1. The molecular formula is C21H18ClN3O4S. The number of fused-ring (bicyclic) bond motifs is 1. The molecule has 0 saturated carbocycles. The van der Waals surface area contributed by atoms with Crippen molar-refractivity contribution in [1.82, 2.24) is 0 Å². The number of carbonyl (C=O) groups excluding carboxylic acids is 3. The van der Waals surface area contributed by atoms with Crippen molar-refractivity contribution >= 4 is 51.8 Å². The van der Waals surface area contributed by atoms with Crippen LogP contribution in [0.25, 0.3) is 0 Å². The summed E-state index contributed by atoms with van der Waals surface area (Å²) in [4.78, 5) is 40.5. The van der Waals surface area contributed by atoms with Gasteiger partial charge in [-0.3, -0.25) is 14.4 Å². The molecule has 9 heteroatoms. The SMILES string of the molecule is CN1C(=C(C#N)C(=O)COC(=O)CCC(=O)c2ccc(Cl)s2)N(C)c2ccccc21. The monoisotopic (exact) mass is 443 g/mol. The lowest BCUT2D eigenvalue weighted by Crippen LogP contribution is -2.27. The summed E-state index contributed by atoms with van der Waals surface area (Å²) in [6, 6.07) is 12.6. The van der Waals surface area contributed by atoms with E-state index in [1.807, 2.05) is 30.3 Å². The second-order valence-electron chi connectivity index (χ2n) is 6.53. The van der Waals surface area contributed by atoms with Crippen LogP contribution in [0, 0.1) is 11.3 Å². The average molecular weight is 444 g/mol. The van der Waals surface area contributed by atoms with Crippen LogP contribution in [0.4, 0.5) is 11.4 Å². The summed E-state index contributed by atoms with van der Waals surface area (Å²) in [5.74, 6) is -1.09. The number of ketones is 2. The van der Waals surface area contributed by atoms with Crippen molar-refractivity contribution in [3.05, 3.63) is 57.0 Å². The van der Waals surface area contributed by atoms with Gasteiger partial charge in [-0.2, -0.15) is 5.26 Å². The number of carbonyl (C=O) groups is 3. The van der Waals surface area contributed by atoms with Crippen LogP contribution in [0.3, 0.4) is 0 Å². The minimum Gasteiger partial charge on any atom is -0.457 e. The Bertz CT molecular complexity index is 1050. The number of benzene rings is 1. The summed E-state index contributed by atoms with van der Waals surface area (Å²) >= 11 is 6.94. The van der Waals surface area contributed by atoms with Crippen molar-refractivity contribution in [2.75, 3.05) is 30.5 Å². The highest BCUT2D eigenvalue weighted by molar-refractivity contribution is 7.18. The number of ether oxygens (including phenoxy) is 1. The fraction of sp³-hybridized carbons (Fsp3) is 0.238. The van der Waals surface area contributed by atoms with Gasteiger partial charge >= 0.3 is 5.97 Å². The molecule has 154 valence electrons. The van der Waals surface area contributed by atoms with E-state index in [1.54, 1.807) is 36.0 Å². The van der Waals surface area contributed by atoms with Crippen LogP contribution in [0.1, 0.15) is 22.5 Å². The van der Waals surface area contributed by atoms with Crippen molar-refractivity contribution in [1.29, 1.82) is 5.26 Å². The molecule has 7 nitrogen and oxygen atoms in total. The predicted molar refractivity (Wildman–Crippen MR) is 115 cm³/mol. The fourth-order valence-corrected chi connectivity index (χ4v) is 4.16. The zero-order valence-corrected chi connectivity index (χ0v) is 17.9. The molecule has 0 saturated heterocycles. The molecule has 0 atom stereocenters. The molecule has 0 N–H and O–H groups in total. The van der Waals surface area contributed by atoms with E-state index in [2.05, 4.69) is 0 Å². The Kier molecular flexibility index (Phi) is 6.55. The molecule has 1 aliphatic rings. The highest BCUT2D eigenvalue weighted by Gasteiger charge is 2.31. The summed E-state index contributed by atoms with van der Waals surface area (Å²) in [6.07, 6.45) is -0.206. The Labute approximate surface area is 182 Å². The van der Waals surface area contributed by atoms with Gasteiger partial charge in [-0.15, -0.1) is 11.3 Å². The van der Waals surface area contributed by atoms with Crippen LogP contribution in [0.5, 0.6) is 0 Å². The number of hydrogen-bond donors (Lipinski definition) is 0. The summed E-state index contributed by atoms with van der Waals surface area (Å²) in [7, 11) is 3.52. The highest BCUT2D eigenvalue weighted by atomic mass is 35.5. The third kappa shape index (κ3) is 4.37. The fourth-order valence-electron chi connectivity index (χ4n) is 3.15. The standard InChI is InChI=1S/C21H18ClN3O4S/c1-24-14-5-3-4-6-15(14)25(2)21(24)13(11-23)17(27)12-29-20(28)10-7-16(26)18-8-9-19(22)30-18/h3-6,8-9H,7,10,12H2,1-2H3. The van der Waals surface area contributed by atoms with E-state index in [-0.39, 0.29) is 24.2 Å². The van der Waals surface area contributed by atoms with Gasteiger partial charge in [0.25, 0.3) is 0 Å². The topological polar surface area (TPSA) is 90.7 Å². The second kappa shape index (κ2) is 9.11. The number of rotatable bonds is 7. The van der Waals surface area contributed by atoms with Gasteiger partial charge in [-0.1, -0.05) is 23.7 Å². The van der Waals surface area contributed by atoms with E-state index in [9.17, 15) is 19.6 Å². The van der Waals surface area contributed by atoms with Crippen LogP contribution < -0.4 is 9.80 Å². The van der Waals surface area contributed by atoms with E-state index in [0.717, 1.165) is 22.7 Å².